The number of hydrogen-bond donors (Lipinski definition) is 2. The lowest BCUT2D eigenvalue weighted by atomic mass is 9.87. The van der Waals surface area contributed by atoms with Crippen LogP contribution in [0.25, 0.3) is 0 Å². The monoisotopic (exact) mass is 347 g/mol. The molecule has 2 heterocycles. The average molecular weight is 347 g/mol. The van der Waals surface area contributed by atoms with Gasteiger partial charge in [-0.05, 0) is 18.4 Å². The van der Waals surface area contributed by atoms with Gasteiger partial charge in [0.1, 0.15) is 5.54 Å². The number of carboxylic acids is 1. The van der Waals surface area contributed by atoms with E-state index in [-0.39, 0.29) is 0 Å². The van der Waals surface area contributed by atoms with Crippen molar-refractivity contribution >= 4 is 5.97 Å². The minimum absolute atomic E-state index is 0.651. The van der Waals surface area contributed by atoms with E-state index in [0.29, 0.717) is 19.4 Å². The molecule has 1 aromatic carbocycles. The zero-order valence-electron chi connectivity index (χ0n) is 14.8. The fourth-order valence-electron chi connectivity index (χ4n) is 3.68. The first-order chi connectivity index (χ1) is 12.2. The van der Waals surface area contributed by atoms with Crippen LogP contribution < -0.4 is 5.32 Å². The summed E-state index contributed by atoms with van der Waals surface area (Å²) in [6, 6.07) is 10.4. The number of benzene rings is 1. The number of aliphatic carboxylic acids is 1. The van der Waals surface area contributed by atoms with Gasteiger partial charge in [0.05, 0.1) is 13.2 Å². The number of ether oxygens (including phenoxy) is 1. The molecule has 2 N–H and O–H groups in total. The first kappa shape index (κ1) is 18.3. The van der Waals surface area contributed by atoms with E-state index in [9.17, 15) is 9.90 Å². The zero-order valence-corrected chi connectivity index (χ0v) is 14.8. The topological polar surface area (TPSA) is 65.0 Å². The van der Waals surface area contributed by atoms with Crippen LogP contribution in [0.2, 0.25) is 0 Å². The second-order valence-corrected chi connectivity index (χ2v) is 7.03. The standard InChI is InChI=1S/C19H29N3O3/c23-18(24)19(20-8-11-21-12-14-25-15-13-21)6-9-22(10-7-19)16-17-4-2-1-3-5-17/h1-5,20H,6-16H2,(H,23,24). The third-order valence-electron chi connectivity index (χ3n) is 5.36. The maximum absolute atomic E-state index is 11.9. The van der Waals surface area contributed by atoms with Crippen molar-refractivity contribution in [2.45, 2.75) is 24.9 Å². The average Bonchev–Trinajstić information content (AvgIpc) is 2.65. The lowest BCUT2D eigenvalue weighted by Crippen LogP contribution is -2.59. The molecular weight excluding hydrogens is 318 g/mol. The molecule has 0 atom stereocenters. The van der Waals surface area contributed by atoms with Crippen molar-refractivity contribution in [1.82, 2.24) is 15.1 Å². The molecule has 0 saturated carbocycles. The summed E-state index contributed by atoms with van der Waals surface area (Å²) in [6.07, 6.45) is 1.30. The summed E-state index contributed by atoms with van der Waals surface area (Å²) in [7, 11) is 0. The van der Waals surface area contributed by atoms with Crippen LogP contribution in [0.5, 0.6) is 0 Å². The van der Waals surface area contributed by atoms with E-state index in [1.54, 1.807) is 0 Å². The normalized spacial score (nSPS) is 21.9. The molecule has 2 aliphatic rings. The predicted octanol–water partition coefficient (Wildman–Crippen LogP) is 1.03. The largest absolute Gasteiger partial charge is 0.480 e. The maximum Gasteiger partial charge on any atom is 0.323 e. The Labute approximate surface area is 149 Å². The Kier molecular flexibility index (Phi) is 6.42. The van der Waals surface area contributed by atoms with Crippen molar-refractivity contribution in [2.24, 2.45) is 0 Å². The van der Waals surface area contributed by atoms with Gasteiger partial charge >= 0.3 is 5.97 Å². The Bertz CT molecular complexity index is 538. The minimum atomic E-state index is -0.778. The molecule has 0 unspecified atom stereocenters. The van der Waals surface area contributed by atoms with Gasteiger partial charge in [0.15, 0.2) is 0 Å². The summed E-state index contributed by atoms with van der Waals surface area (Å²) in [4.78, 5) is 16.6. The summed E-state index contributed by atoms with van der Waals surface area (Å²) < 4.78 is 5.35. The third kappa shape index (κ3) is 5.01. The highest BCUT2D eigenvalue weighted by atomic mass is 16.5. The highest BCUT2D eigenvalue weighted by molar-refractivity contribution is 5.79. The zero-order chi connectivity index (χ0) is 17.5. The molecule has 2 fully saturated rings. The number of likely N-dealkylation sites (tertiary alicyclic amines) is 1. The van der Waals surface area contributed by atoms with Gasteiger partial charge in [-0.15, -0.1) is 0 Å². The smallest absolute Gasteiger partial charge is 0.323 e. The number of carbonyl (C=O) groups is 1. The van der Waals surface area contributed by atoms with Gasteiger partial charge in [0.25, 0.3) is 0 Å². The molecule has 0 aromatic heterocycles. The molecule has 138 valence electrons. The molecule has 0 amide bonds. The number of morpholine rings is 1. The molecule has 25 heavy (non-hydrogen) atoms. The Hall–Kier alpha value is -1.47. The molecule has 2 saturated heterocycles. The van der Waals surface area contributed by atoms with Gasteiger partial charge in [-0.3, -0.25) is 14.6 Å². The van der Waals surface area contributed by atoms with Crippen molar-refractivity contribution in [3.63, 3.8) is 0 Å². The highest BCUT2D eigenvalue weighted by Gasteiger charge is 2.41. The van der Waals surface area contributed by atoms with Crippen LogP contribution >= 0.6 is 0 Å². The Morgan fingerprint density at radius 2 is 1.76 bits per heavy atom. The van der Waals surface area contributed by atoms with Crippen LogP contribution in [-0.2, 0) is 16.1 Å². The SMILES string of the molecule is O=C(O)C1(NCCN2CCOCC2)CCN(Cc2ccccc2)CC1. The van der Waals surface area contributed by atoms with Crippen LogP contribution in [0.4, 0.5) is 0 Å². The van der Waals surface area contributed by atoms with Gasteiger partial charge < -0.3 is 15.2 Å². The van der Waals surface area contributed by atoms with Gasteiger partial charge in [0, 0.05) is 45.8 Å². The van der Waals surface area contributed by atoms with Crippen molar-refractivity contribution in [3.8, 4) is 0 Å². The van der Waals surface area contributed by atoms with E-state index in [4.69, 9.17) is 4.74 Å². The number of carboxylic acid groups (broad SMARTS) is 1. The van der Waals surface area contributed by atoms with Crippen LogP contribution in [0.1, 0.15) is 18.4 Å². The molecule has 3 rings (SSSR count). The van der Waals surface area contributed by atoms with E-state index < -0.39 is 11.5 Å². The van der Waals surface area contributed by atoms with Crippen LogP contribution in [0, 0.1) is 0 Å². The summed E-state index contributed by atoms with van der Waals surface area (Å²) in [6.45, 7) is 7.54. The second kappa shape index (κ2) is 8.76. The Balaban J connectivity index is 1.47. The molecule has 0 spiro atoms. The minimum Gasteiger partial charge on any atom is -0.480 e. The lowest BCUT2D eigenvalue weighted by molar-refractivity contribution is -0.147. The van der Waals surface area contributed by atoms with Gasteiger partial charge in [-0.1, -0.05) is 30.3 Å². The third-order valence-corrected chi connectivity index (χ3v) is 5.36. The van der Waals surface area contributed by atoms with E-state index in [1.165, 1.54) is 5.56 Å². The molecule has 6 heteroatoms. The van der Waals surface area contributed by atoms with E-state index in [2.05, 4.69) is 27.2 Å². The highest BCUT2D eigenvalue weighted by Crippen LogP contribution is 2.24. The fourth-order valence-corrected chi connectivity index (χ4v) is 3.68. The van der Waals surface area contributed by atoms with E-state index in [0.717, 1.165) is 52.5 Å². The molecule has 0 radical (unpaired) electrons. The Morgan fingerprint density at radius 3 is 2.40 bits per heavy atom. The number of hydrogen-bond acceptors (Lipinski definition) is 5. The first-order valence-electron chi connectivity index (χ1n) is 9.23. The van der Waals surface area contributed by atoms with E-state index >= 15 is 0 Å². The van der Waals surface area contributed by atoms with Crippen LogP contribution in [-0.4, -0.2) is 78.9 Å². The van der Waals surface area contributed by atoms with Crippen LogP contribution in [0.3, 0.4) is 0 Å². The number of piperidine rings is 1. The van der Waals surface area contributed by atoms with Crippen molar-refractivity contribution in [2.75, 3.05) is 52.5 Å². The van der Waals surface area contributed by atoms with Crippen molar-refractivity contribution in [1.29, 1.82) is 0 Å². The second-order valence-electron chi connectivity index (χ2n) is 7.03. The molecule has 1 aromatic rings. The van der Waals surface area contributed by atoms with E-state index in [1.807, 2.05) is 18.2 Å². The molecule has 0 bridgehead atoms. The molecule has 0 aliphatic carbocycles. The number of nitrogens with zero attached hydrogens (tertiary/aromatic N) is 2. The first-order valence-corrected chi connectivity index (χ1v) is 9.23. The fraction of sp³-hybridized carbons (Fsp3) is 0.632. The summed E-state index contributed by atoms with van der Waals surface area (Å²) in [5.74, 6) is -0.714. The summed E-state index contributed by atoms with van der Waals surface area (Å²) >= 11 is 0. The Morgan fingerprint density at radius 1 is 1.08 bits per heavy atom. The number of rotatable bonds is 7. The number of nitrogens with one attached hydrogen (secondary N) is 1. The van der Waals surface area contributed by atoms with Gasteiger partial charge in [-0.25, -0.2) is 0 Å². The van der Waals surface area contributed by atoms with Crippen LogP contribution in [0.15, 0.2) is 30.3 Å². The molecular formula is C19H29N3O3. The lowest BCUT2D eigenvalue weighted by Gasteiger charge is -2.40. The van der Waals surface area contributed by atoms with Crippen molar-refractivity contribution < 1.29 is 14.6 Å². The van der Waals surface area contributed by atoms with Gasteiger partial charge in [-0.2, -0.15) is 0 Å². The maximum atomic E-state index is 11.9. The quantitative estimate of drug-likeness (QED) is 0.768. The van der Waals surface area contributed by atoms with Gasteiger partial charge in [0.2, 0.25) is 0 Å². The summed E-state index contributed by atoms with van der Waals surface area (Å²) in [5.41, 5.74) is 0.505. The molecule has 2 aliphatic heterocycles. The predicted molar refractivity (Wildman–Crippen MR) is 96.6 cm³/mol. The molecule has 6 nitrogen and oxygen atoms in total. The van der Waals surface area contributed by atoms with Crippen molar-refractivity contribution in [3.05, 3.63) is 35.9 Å². The summed E-state index contributed by atoms with van der Waals surface area (Å²) in [5, 5.41) is 13.1.